The van der Waals surface area contributed by atoms with Gasteiger partial charge in [-0.25, -0.2) is 4.39 Å². The lowest BCUT2D eigenvalue weighted by molar-refractivity contribution is 0.0420. The first kappa shape index (κ1) is 25.3. The Morgan fingerprint density at radius 1 is 1.11 bits per heavy atom. The van der Waals surface area contributed by atoms with E-state index in [0.717, 1.165) is 5.56 Å². The lowest BCUT2D eigenvalue weighted by Crippen LogP contribution is -2.49. The Labute approximate surface area is 209 Å². The predicted octanol–water partition coefficient (Wildman–Crippen LogP) is 5.03. The van der Waals surface area contributed by atoms with Gasteiger partial charge < -0.3 is 15.1 Å². The van der Waals surface area contributed by atoms with Crippen LogP contribution in [0.3, 0.4) is 0 Å². The molecule has 2 aromatic heterocycles. The summed E-state index contributed by atoms with van der Waals surface area (Å²) in [6.45, 7) is 4.58. The van der Waals surface area contributed by atoms with Gasteiger partial charge in [0, 0.05) is 42.6 Å². The number of hydrogen-bond acceptors (Lipinski definition) is 5. The van der Waals surface area contributed by atoms with Crippen molar-refractivity contribution >= 4 is 16.9 Å². The molecule has 0 aliphatic rings. The highest BCUT2D eigenvalue weighted by molar-refractivity contribution is 5.94. The zero-order chi connectivity index (χ0) is 25.7. The van der Waals surface area contributed by atoms with Gasteiger partial charge in [0.2, 0.25) is 0 Å². The van der Waals surface area contributed by atoms with Crippen LogP contribution < -0.4 is 11.2 Å². The molecular formula is C29H30FN3O3. The Balaban J connectivity index is 1.96. The van der Waals surface area contributed by atoms with Gasteiger partial charge in [0.1, 0.15) is 17.2 Å². The number of nitrogens with two attached hydrogens (primary N) is 1. The minimum atomic E-state index is -1.00. The Morgan fingerprint density at radius 2 is 1.83 bits per heavy atom. The summed E-state index contributed by atoms with van der Waals surface area (Å²) in [6, 6.07) is 16.8. The number of nitrogens with zero attached hydrogens (tertiary/aromatic N) is 2. The van der Waals surface area contributed by atoms with Gasteiger partial charge in [0.05, 0.1) is 10.9 Å². The number of carbonyl (C=O) groups excluding carboxylic acids is 1. The smallest absolute Gasteiger partial charge is 0.254 e. The second-order valence-electron chi connectivity index (χ2n) is 9.00. The van der Waals surface area contributed by atoms with E-state index in [0.29, 0.717) is 54.6 Å². The highest BCUT2D eigenvalue weighted by Gasteiger charge is 2.40. The van der Waals surface area contributed by atoms with Crippen LogP contribution in [0.25, 0.3) is 11.0 Å². The van der Waals surface area contributed by atoms with Gasteiger partial charge in [0.25, 0.3) is 5.91 Å². The fourth-order valence-electron chi connectivity index (χ4n) is 4.55. The molecule has 1 unspecified atom stereocenters. The van der Waals surface area contributed by atoms with Gasteiger partial charge in [-0.3, -0.25) is 14.6 Å². The zero-order valence-electron chi connectivity index (χ0n) is 20.5. The third-order valence-corrected chi connectivity index (χ3v) is 6.70. The molecule has 7 heteroatoms. The maximum absolute atomic E-state index is 14.2. The summed E-state index contributed by atoms with van der Waals surface area (Å²) in [5.41, 5.74) is 6.60. The van der Waals surface area contributed by atoms with E-state index < -0.39 is 11.4 Å². The largest absolute Gasteiger partial charge is 0.458 e. The maximum atomic E-state index is 14.2. The fourth-order valence-corrected chi connectivity index (χ4v) is 4.55. The second-order valence-corrected chi connectivity index (χ2v) is 9.00. The minimum absolute atomic E-state index is 0.154. The zero-order valence-corrected chi connectivity index (χ0v) is 20.5. The molecule has 0 aliphatic carbocycles. The van der Waals surface area contributed by atoms with Crippen LogP contribution in [0.5, 0.6) is 0 Å². The van der Waals surface area contributed by atoms with E-state index in [1.165, 1.54) is 18.2 Å². The SMILES string of the molecule is CCC(C)(c1oc2cc(F)ccc2c(=O)c1Cc1ccccc1)N(CCCN)C(=O)c1ccncc1. The van der Waals surface area contributed by atoms with Crippen LogP contribution in [0.4, 0.5) is 4.39 Å². The Bertz CT molecular complexity index is 1410. The topological polar surface area (TPSA) is 89.4 Å². The van der Waals surface area contributed by atoms with E-state index >= 15 is 0 Å². The first-order chi connectivity index (χ1) is 17.4. The van der Waals surface area contributed by atoms with Gasteiger partial charge in [-0.2, -0.15) is 0 Å². The van der Waals surface area contributed by atoms with Crippen LogP contribution in [0.15, 0.2) is 82.3 Å². The van der Waals surface area contributed by atoms with Crippen molar-refractivity contribution in [3.63, 3.8) is 0 Å². The van der Waals surface area contributed by atoms with E-state index in [1.54, 1.807) is 29.4 Å². The van der Waals surface area contributed by atoms with Crippen LogP contribution in [0.1, 0.15) is 53.9 Å². The molecule has 0 saturated heterocycles. The molecule has 2 N–H and O–H groups in total. The Morgan fingerprint density at radius 3 is 2.50 bits per heavy atom. The molecule has 4 aromatic rings. The molecule has 0 radical (unpaired) electrons. The van der Waals surface area contributed by atoms with Crippen LogP contribution in [-0.4, -0.2) is 28.9 Å². The first-order valence-electron chi connectivity index (χ1n) is 12.1. The molecular weight excluding hydrogens is 457 g/mol. The van der Waals surface area contributed by atoms with Crippen molar-refractivity contribution in [1.29, 1.82) is 0 Å². The standard InChI is InChI=1S/C29H30FN3O3/c1-3-29(2,33(17-7-14-31)28(35)21-12-15-32-16-13-21)27-24(18-20-8-5-4-6-9-20)26(34)23-11-10-22(30)19-25(23)36-27/h4-6,8-13,15-16,19H,3,7,14,17-18,31H2,1-2H3. The molecule has 36 heavy (non-hydrogen) atoms. The number of amides is 1. The molecule has 186 valence electrons. The number of pyridine rings is 1. The quantitative estimate of drug-likeness (QED) is 0.358. The summed E-state index contributed by atoms with van der Waals surface area (Å²) in [5.74, 6) is -0.363. The summed E-state index contributed by atoms with van der Waals surface area (Å²) < 4.78 is 20.5. The molecule has 1 amide bonds. The lowest BCUT2D eigenvalue weighted by atomic mass is 9.86. The van der Waals surface area contributed by atoms with E-state index in [9.17, 15) is 14.0 Å². The van der Waals surface area contributed by atoms with Gasteiger partial charge in [0.15, 0.2) is 5.43 Å². The van der Waals surface area contributed by atoms with E-state index in [4.69, 9.17) is 10.2 Å². The second kappa shape index (κ2) is 10.8. The third kappa shape index (κ3) is 4.93. The van der Waals surface area contributed by atoms with Gasteiger partial charge in [-0.1, -0.05) is 37.3 Å². The number of aromatic nitrogens is 1. The lowest BCUT2D eigenvalue weighted by Gasteiger charge is -2.41. The molecule has 2 heterocycles. The fraction of sp³-hybridized carbons (Fsp3) is 0.276. The van der Waals surface area contributed by atoms with Crippen LogP contribution in [0.2, 0.25) is 0 Å². The Kier molecular flexibility index (Phi) is 7.60. The van der Waals surface area contributed by atoms with Crippen molar-refractivity contribution < 1.29 is 13.6 Å². The molecule has 0 saturated carbocycles. The van der Waals surface area contributed by atoms with Crippen molar-refractivity contribution in [2.75, 3.05) is 13.1 Å². The predicted molar refractivity (Wildman–Crippen MR) is 138 cm³/mol. The van der Waals surface area contributed by atoms with Crippen molar-refractivity contribution in [2.24, 2.45) is 5.73 Å². The molecule has 1 atom stereocenters. The number of halogens is 1. The summed E-state index contributed by atoms with van der Waals surface area (Å²) in [6.07, 6.45) is 4.47. The molecule has 6 nitrogen and oxygen atoms in total. The number of fused-ring (bicyclic) bond motifs is 1. The normalized spacial score (nSPS) is 12.9. The summed E-state index contributed by atoms with van der Waals surface area (Å²) in [4.78, 5) is 33.3. The van der Waals surface area contributed by atoms with Gasteiger partial charge >= 0.3 is 0 Å². The van der Waals surface area contributed by atoms with E-state index in [1.807, 2.05) is 44.2 Å². The molecule has 0 bridgehead atoms. The molecule has 4 rings (SSSR count). The van der Waals surface area contributed by atoms with Crippen molar-refractivity contribution in [1.82, 2.24) is 9.88 Å². The van der Waals surface area contributed by atoms with Crippen LogP contribution in [-0.2, 0) is 12.0 Å². The molecule has 0 spiro atoms. The van der Waals surface area contributed by atoms with Crippen molar-refractivity contribution in [3.8, 4) is 0 Å². The van der Waals surface area contributed by atoms with E-state index in [2.05, 4.69) is 4.98 Å². The highest BCUT2D eigenvalue weighted by atomic mass is 19.1. The highest BCUT2D eigenvalue weighted by Crippen LogP contribution is 2.37. The van der Waals surface area contributed by atoms with Crippen molar-refractivity contribution in [2.45, 2.75) is 38.6 Å². The average Bonchev–Trinajstić information content (AvgIpc) is 2.91. The van der Waals surface area contributed by atoms with Crippen LogP contribution in [0, 0.1) is 5.82 Å². The summed E-state index contributed by atoms with van der Waals surface area (Å²) in [7, 11) is 0. The van der Waals surface area contributed by atoms with Crippen LogP contribution >= 0.6 is 0 Å². The van der Waals surface area contributed by atoms with Crippen molar-refractivity contribution in [3.05, 3.63) is 112 Å². The number of benzene rings is 2. The minimum Gasteiger partial charge on any atom is -0.458 e. The average molecular weight is 488 g/mol. The third-order valence-electron chi connectivity index (χ3n) is 6.70. The van der Waals surface area contributed by atoms with E-state index in [-0.39, 0.29) is 16.9 Å². The first-order valence-corrected chi connectivity index (χ1v) is 12.1. The molecule has 0 aliphatic heterocycles. The summed E-state index contributed by atoms with van der Waals surface area (Å²) >= 11 is 0. The summed E-state index contributed by atoms with van der Waals surface area (Å²) in [5, 5.41) is 0.304. The number of rotatable bonds is 9. The van der Waals surface area contributed by atoms with Gasteiger partial charge in [-0.05, 0) is 56.1 Å². The Hall–Kier alpha value is -3.84. The van der Waals surface area contributed by atoms with Gasteiger partial charge in [-0.15, -0.1) is 0 Å². The number of carbonyl (C=O) groups is 1. The molecule has 2 aromatic carbocycles. The monoisotopic (exact) mass is 487 g/mol. The maximum Gasteiger partial charge on any atom is 0.254 e. The number of hydrogen-bond donors (Lipinski definition) is 1. The molecule has 0 fully saturated rings.